The lowest BCUT2D eigenvalue weighted by molar-refractivity contribution is 0.0398. The van der Waals surface area contributed by atoms with Gasteiger partial charge in [-0.25, -0.2) is 0 Å². The quantitative estimate of drug-likeness (QED) is 0.583. The minimum absolute atomic E-state index is 0.653. The molecule has 0 aromatic carbocycles. The molecule has 0 saturated carbocycles. The summed E-state index contributed by atoms with van der Waals surface area (Å²) in [7, 11) is 4.54. The molecule has 0 aromatic rings. The monoisotopic (exact) mass is 196 g/mol. The van der Waals surface area contributed by atoms with Gasteiger partial charge in [0.1, 0.15) is 0 Å². The molecule has 2 aliphatic rings. The molecule has 1 spiro atoms. The van der Waals surface area contributed by atoms with E-state index >= 15 is 0 Å². The zero-order chi connectivity index (χ0) is 10.3. The normalized spacial score (nSPS) is 46.3. The molecule has 2 aliphatic heterocycles. The second-order valence-corrected chi connectivity index (χ2v) is 5.76. The van der Waals surface area contributed by atoms with Crippen LogP contribution in [-0.4, -0.2) is 49.1 Å². The molecule has 2 fully saturated rings. The maximum absolute atomic E-state index is 2.55. The molecule has 2 saturated heterocycles. The first kappa shape index (κ1) is 10.4. The van der Waals surface area contributed by atoms with E-state index in [2.05, 4.69) is 37.7 Å². The van der Waals surface area contributed by atoms with E-state index in [1.54, 1.807) is 0 Å². The minimum Gasteiger partial charge on any atom is -0.306 e. The van der Waals surface area contributed by atoms with Gasteiger partial charge in [0.15, 0.2) is 0 Å². The molecule has 0 N–H and O–H groups in total. The number of hydrogen-bond acceptors (Lipinski definition) is 2. The summed E-state index contributed by atoms with van der Waals surface area (Å²) in [6.07, 6.45) is 4.22. The highest BCUT2D eigenvalue weighted by molar-refractivity contribution is 4.97. The highest BCUT2D eigenvalue weighted by atomic mass is 15.2. The van der Waals surface area contributed by atoms with E-state index in [4.69, 9.17) is 0 Å². The first-order valence-electron chi connectivity index (χ1n) is 5.93. The van der Waals surface area contributed by atoms with E-state index < -0.39 is 0 Å². The lowest BCUT2D eigenvalue weighted by Gasteiger charge is -2.46. The highest BCUT2D eigenvalue weighted by Crippen LogP contribution is 2.43. The number of hydrogen-bond donors (Lipinski definition) is 0. The molecule has 2 nitrogen and oxygen atoms in total. The van der Waals surface area contributed by atoms with Crippen molar-refractivity contribution in [1.82, 2.24) is 9.80 Å². The fourth-order valence-electron chi connectivity index (χ4n) is 3.55. The predicted molar refractivity (Wildman–Crippen MR) is 60.5 cm³/mol. The predicted octanol–water partition coefficient (Wildman–Crippen LogP) is 1.81. The number of piperidine rings is 1. The van der Waals surface area contributed by atoms with Crippen molar-refractivity contribution >= 4 is 0 Å². The molecule has 0 bridgehead atoms. The Bertz CT molecular complexity index is 202. The van der Waals surface area contributed by atoms with Crippen molar-refractivity contribution in [3.05, 3.63) is 0 Å². The van der Waals surface area contributed by atoms with Gasteiger partial charge in [0, 0.05) is 18.6 Å². The maximum atomic E-state index is 2.55. The van der Waals surface area contributed by atoms with Crippen LogP contribution in [0.2, 0.25) is 0 Å². The fraction of sp³-hybridized carbons (Fsp3) is 1.00. The van der Waals surface area contributed by atoms with Crippen LogP contribution in [-0.2, 0) is 0 Å². The van der Waals surface area contributed by atoms with Crippen LogP contribution in [0.4, 0.5) is 0 Å². The van der Waals surface area contributed by atoms with E-state index in [0.29, 0.717) is 5.41 Å². The molecule has 2 atom stereocenters. The van der Waals surface area contributed by atoms with Crippen molar-refractivity contribution in [2.24, 2.45) is 5.41 Å². The number of nitrogens with zero attached hydrogens (tertiary/aromatic N) is 2. The van der Waals surface area contributed by atoms with Gasteiger partial charge in [0.2, 0.25) is 0 Å². The van der Waals surface area contributed by atoms with Crippen LogP contribution in [0.25, 0.3) is 0 Å². The van der Waals surface area contributed by atoms with Crippen molar-refractivity contribution in [2.75, 3.05) is 27.2 Å². The molecule has 14 heavy (non-hydrogen) atoms. The summed E-state index contributed by atoms with van der Waals surface area (Å²) in [5.74, 6) is 0. The van der Waals surface area contributed by atoms with Gasteiger partial charge in [0.05, 0.1) is 0 Å². The third-order valence-corrected chi connectivity index (χ3v) is 4.48. The summed E-state index contributed by atoms with van der Waals surface area (Å²) in [6.45, 7) is 7.41. The average molecular weight is 196 g/mol. The van der Waals surface area contributed by atoms with Gasteiger partial charge in [-0.1, -0.05) is 0 Å². The molecule has 0 radical (unpaired) electrons. The van der Waals surface area contributed by atoms with E-state index in [9.17, 15) is 0 Å². The minimum atomic E-state index is 0.653. The van der Waals surface area contributed by atoms with Crippen molar-refractivity contribution < 1.29 is 0 Å². The van der Waals surface area contributed by atoms with E-state index in [0.717, 1.165) is 12.1 Å². The third-order valence-electron chi connectivity index (χ3n) is 4.48. The Morgan fingerprint density at radius 1 is 1.07 bits per heavy atom. The zero-order valence-electron chi connectivity index (χ0n) is 10.1. The van der Waals surface area contributed by atoms with Crippen LogP contribution in [0.1, 0.15) is 33.1 Å². The van der Waals surface area contributed by atoms with Gasteiger partial charge in [-0.15, -0.1) is 0 Å². The number of likely N-dealkylation sites (tertiary alicyclic amines) is 2. The van der Waals surface area contributed by atoms with Gasteiger partial charge < -0.3 is 9.80 Å². The highest BCUT2D eigenvalue weighted by Gasteiger charge is 2.43. The standard InChI is InChI=1S/C12H24N2/c1-10-7-12(5-6-13(3)9-12)8-11(2)14(10)4/h10-11H,5-9H2,1-4H3. The zero-order valence-corrected chi connectivity index (χ0v) is 10.1. The molecular weight excluding hydrogens is 172 g/mol. The van der Waals surface area contributed by atoms with Crippen molar-refractivity contribution in [2.45, 2.75) is 45.2 Å². The van der Waals surface area contributed by atoms with Gasteiger partial charge in [-0.05, 0) is 59.2 Å². The molecule has 2 heteroatoms. The second-order valence-electron chi connectivity index (χ2n) is 5.76. The van der Waals surface area contributed by atoms with Crippen molar-refractivity contribution in [3.63, 3.8) is 0 Å². The molecule has 0 aliphatic carbocycles. The Hall–Kier alpha value is -0.0800. The van der Waals surface area contributed by atoms with Gasteiger partial charge in [0.25, 0.3) is 0 Å². The van der Waals surface area contributed by atoms with E-state index in [1.807, 2.05) is 0 Å². The lowest BCUT2D eigenvalue weighted by Crippen LogP contribution is -2.49. The molecule has 2 heterocycles. The van der Waals surface area contributed by atoms with Crippen LogP contribution in [0.5, 0.6) is 0 Å². The summed E-state index contributed by atoms with van der Waals surface area (Å²) in [4.78, 5) is 5.05. The van der Waals surface area contributed by atoms with E-state index in [1.165, 1.54) is 32.4 Å². The second kappa shape index (κ2) is 3.49. The lowest BCUT2D eigenvalue weighted by atomic mass is 9.72. The first-order valence-corrected chi connectivity index (χ1v) is 5.93. The molecule has 0 amide bonds. The summed E-state index contributed by atoms with van der Waals surface area (Å²) in [6, 6.07) is 1.54. The topological polar surface area (TPSA) is 6.48 Å². The molecule has 82 valence electrons. The van der Waals surface area contributed by atoms with E-state index in [-0.39, 0.29) is 0 Å². The van der Waals surface area contributed by atoms with Crippen LogP contribution in [0.15, 0.2) is 0 Å². The maximum Gasteiger partial charge on any atom is 0.00724 e. The Labute approximate surface area is 88.3 Å². The molecule has 2 unspecified atom stereocenters. The first-order chi connectivity index (χ1) is 6.52. The van der Waals surface area contributed by atoms with Crippen LogP contribution < -0.4 is 0 Å². The largest absolute Gasteiger partial charge is 0.306 e. The van der Waals surface area contributed by atoms with Crippen molar-refractivity contribution in [3.8, 4) is 0 Å². The average Bonchev–Trinajstić information content (AvgIpc) is 2.43. The Balaban J connectivity index is 2.08. The van der Waals surface area contributed by atoms with Gasteiger partial charge in [-0.3, -0.25) is 0 Å². The van der Waals surface area contributed by atoms with Gasteiger partial charge >= 0.3 is 0 Å². The summed E-state index contributed by atoms with van der Waals surface area (Å²) in [5.41, 5.74) is 0.653. The van der Waals surface area contributed by atoms with Crippen molar-refractivity contribution in [1.29, 1.82) is 0 Å². The Morgan fingerprint density at radius 3 is 2.07 bits per heavy atom. The van der Waals surface area contributed by atoms with Crippen LogP contribution in [0, 0.1) is 5.41 Å². The number of rotatable bonds is 0. The Kier molecular flexibility index (Phi) is 2.61. The van der Waals surface area contributed by atoms with Crippen LogP contribution >= 0.6 is 0 Å². The van der Waals surface area contributed by atoms with Crippen LogP contribution in [0.3, 0.4) is 0 Å². The summed E-state index contributed by atoms with van der Waals surface area (Å²) < 4.78 is 0. The molecule has 2 rings (SSSR count). The third kappa shape index (κ3) is 1.70. The summed E-state index contributed by atoms with van der Waals surface area (Å²) in [5, 5.41) is 0. The molecule has 0 aromatic heterocycles. The SMILES string of the molecule is CC1CC2(CCN(C)C2)CC(C)N1C. The smallest absolute Gasteiger partial charge is 0.00724 e. The summed E-state index contributed by atoms with van der Waals surface area (Å²) >= 11 is 0. The molecular formula is C12H24N2. The van der Waals surface area contributed by atoms with Gasteiger partial charge in [-0.2, -0.15) is 0 Å². The fourth-order valence-corrected chi connectivity index (χ4v) is 3.55. The Morgan fingerprint density at radius 2 is 1.64 bits per heavy atom.